The summed E-state index contributed by atoms with van der Waals surface area (Å²) in [6.45, 7) is 0. The third-order valence-corrected chi connectivity index (χ3v) is 3.80. The van der Waals surface area contributed by atoms with Gasteiger partial charge in [-0.2, -0.15) is 0 Å². The van der Waals surface area contributed by atoms with Gasteiger partial charge in [0.1, 0.15) is 0 Å². The van der Waals surface area contributed by atoms with Crippen LogP contribution in [0.15, 0.2) is 24.3 Å². The number of hydrazine groups is 1. The van der Waals surface area contributed by atoms with Crippen LogP contribution in [0.1, 0.15) is 29.6 Å². The number of carbonyl (C=O) groups excluding carboxylic acids is 2. The van der Waals surface area contributed by atoms with Crippen LogP contribution in [-0.2, 0) is 4.79 Å². The van der Waals surface area contributed by atoms with Crippen molar-refractivity contribution in [3.05, 3.63) is 29.8 Å². The van der Waals surface area contributed by atoms with Crippen molar-refractivity contribution < 1.29 is 23.8 Å². The number of rotatable bonds is 6. The van der Waals surface area contributed by atoms with Crippen molar-refractivity contribution in [1.82, 2.24) is 10.9 Å². The van der Waals surface area contributed by atoms with E-state index in [1.54, 1.807) is 0 Å². The molecule has 1 atom stereocenters. The molecular formula is C17H22N2O5. The highest BCUT2D eigenvalue weighted by Gasteiger charge is 2.18. The summed E-state index contributed by atoms with van der Waals surface area (Å²) in [6, 6.07) is 3.03. The highest BCUT2D eigenvalue weighted by molar-refractivity contribution is 5.96. The maximum absolute atomic E-state index is 12.2. The van der Waals surface area contributed by atoms with E-state index < -0.39 is 5.91 Å². The van der Waals surface area contributed by atoms with Crippen LogP contribution < -0.4 is 25.1 Å². The van der Waals surface area contributed by atoms with E-state index in [0.717, 1.165) is 12.8 Å². The molecule has 0 heterocycles. The SMILES string of the molecule is COc1cc(C(=O)NNC(=O)C[C@H]2C=CCC2)cc(OC)c1OC. The third-order valence-electron chi connectivity index (χ3n) is 3.80. The first-order chi connectivity index (χ1) is 11.6. The molecule has 130 valence electrons. The molecule has 2 rings (SSSR count). The van der Waals surface area contributed by atoms with Crippen LogP contribution in [0.2, 0.25) is 0 Å². The molecule has 1 aromatic carbocycles. The number of amides is 2. The lowest BCUT2D eigenvalue weighted by Gasteiger charge is -2.14. The zero-order valence-corrected chi connectivity index (χ0v) is 14.0. The summed E-state index contributed by atoms with van der Waals surface area (Å²) in [6.07, 6.45) is 6.41. The molecule has 1 aromatic rings. The molecule has 0 saturated heterocycles. The van der Waals surface area contributed by atoms with Crippen molar-refractivity contribution in [1.29, 1.82) is 0 Å². The van der Waals surface area contributed by atoms with Gasteiger partial charge in [0.25, 0.3) is 5.91 Å². The minimum atomic E-state index is -0.468. The number of hydrogen-bond donors (Lipinski definition) is 2. The van der Waals surface area contributed by atoms with E-state index in [1.807, 2.05) is 6.08 Å². The number of nitrogens with one attached hydrogen (secondary N) is 2. The monoisotopic (exact) mass is 334 g/mol. The maximum atomic E-state index is 12.2. The van der Waals surface area contributed by atoms with Gasteiger partial charge in [0.05, 0.1) is 21.3 Å². The minimum Gasteiger partial charge on any atom is -0.493 e. The van der Waals surface area contributed by atoms with Crippen molar-refractivity contribution in [2.45, 2.75) is 19.3 Å². The Morgan fingerprint density at radius 3 is 2.25 bits per heavy atom. The quantitative estimate of drug-likeness (QED) is 0.612. The Hall–Kier alpha value is -2.70. The Labute approximate surface area is 140 Å². The molecule has 0 aliphatic heterocycles. The third kappa shape index (κ3) is 4.18. The molecule has 0 unspecified atom stereocenters. The predicted molar refractivity (Wildman–Crippen MR) is 88.2 cm³/mol. The molecule has 7 heteroatoms. The Morgan fingerprint density at radius 2 is 1.75 bits per heavy atom. The molecule has 2 N–H and O–H groups in total. The lowest BCUT2D eigenvalue weighted by atomic mass is 10.1. The van der Waals surface area contributed by atoms with E-state index in [-0.39, 0.29) is 17.4 Å². The van der Waals surface area contributed by atoms with Gasteiger partial charge < -0.3 is 14.2 Å². The van der Waals surface area contributed by atoms with Crippen LogP contribution >= 0.6 is 0 Å². The van der Waals surface area contributed by atoms with Gasteiger partial charge in [0.2, 0.25) is 11.7 Å². The van der Waals surface area contributed by atoms with Gasteiger partial charge in [-0.1, -0.05) is 12.2 Å². The second kappa shape index (κ2) is 8.24. The summed E-state index contributed by atoms with van der Waals surface area (Å²) >= 11 is 0. The Bertz CT molecular complexity index is 617. The molecular weight excluding hydrogens is 312 g/mol. The first-order valence-electron chi connectivity index (χ1n) is 7.65. The first-order valence-corrected chi connectivity index (χ1v) is 7.65. The van der Waals surface area contributed by atoms with Crippen LogP contribution in [0.25, 0.3) is 0 Å². The number of allylic oxidation sites excluding steroid dienone is 2. The molecule has 0 bridgehead atoms. The molecule has 2 amide bonds. The average molecular weight is 334 g/mol. The van der Waals surface area contributed by atoms with E-state index in [4.69, 9.17) is 14.2 Å². The second-order valence-corrected chi connectivity index (χ2v) is 5.39. The van der Waals surface area contributed by atoms with Gasteiger partial charge in [-0.15, -0.1) is 0 Å². The Balaban J connectivity index is 2.01. The Morgan fingerprint density at radius 1 is 1.08 bits per heavy atom. The summed E-state index contributed by atoms with van der Waals surface area (Å²) in [4.78, 5) is 24.1. The zero-order chi connectivity index (χ0) is 17.5. The van der Waals surface area contributed by atoms with Crippen LogP contribution in [0.3, 0.4) is 0 Å². The number of methoxy groups -OCH3 is 3. The van der Waals surface area contributed by atoms with Gasteiger partial charge in [-0.05, 0) is 30.9 Å². The standard InChI is InChI=1S/C17H22N2O5/c1-22-13-9-12(10-14(23-2)16(13)24-3)17(21)19-18-15(20)8-11-6-4-5-7-11/h4,6,9-11H,5,7-8H2,1-3H3,(H,18,20)(H,19,21)/t11-/m0/s1. The topological polar surface area (TPSA) is 85.9 Å². The van der Waals surface area contributed by atoms with Crippen molar-refractivity contribution >= 4 is 11.8 Å². The summed E-state index contributed by atoms with van der Waals surface area (Å²) in [5, 5.41) is 0. The van der Waals surface area contributed by atoms with Crippen LogP contribution in [0.4, 0.5) is 0 Å². The molecule has 0 fully saturated rings. The van der Waals surface area contributed by atoms with Gasteiger partial charge in [-0.25, -0.2) is 0 Å². The number of ether oxygens (including phenoxy) is 3. The van der Waals surface area contributed by atoms with Crippen molar-refractivity contribution in [3.63, 3.8) is 0 Å². The van der Waals surface area contributed by atoms with Gasteiger partial charge in [0, 0.05) is 12.0 Å². The largest absolute Gasteiger partial charge is 0.493 e. The van der Waals surface area contributed by atoms with E-state index in [2.05, 4.69) is 16.9 Å². The number of hydrogen-bond acceptors (Lipinski definition) is 5. The zero-order valence-electron chi connectivity index (χ0n) is 14.0. The first kappa shape index (κ1) is 17.7. The molecule has 0 radical (unpaired) electrons. The highest BCUT2D eigenvalue weighted by Crippen LogP contribution is 2.38. The van der Waals surface area contributed by atoms with E-state index in [0.29, 0.717) is 23.7 Å². The fourth-order valence-corrected chi connectivity index (χ4v) is 2.57. The average Bonchev–Trinajstić information content (AvgIpc) is 3.11. The van der Waals surface area contributed by atoms with Crippen molar-refractivity contribution in [2.75, 3.05) is 21.3 Å². The minimum absolute atomic E-state index is 0.229. The summed E-state index contributed by atoms with van der Waals surface area (Å²) in [5.41, 5.74) is 5.11. The molecule has 0 aromatic heterocycles. The second-order valence-electron chi connectivity index (χ2n) is 5.39. The fourth-order valence-electron chi connectivity index (χ4n) is 2.57. The van der Waals surface area contributed by atoms with Gasteiger partial charge in [0.15, 0.2) is 11.5 Å². The molecule has 0 saturated carbocycles. The molecule has 1 aliphatic rings. The van der Waals surface area contributed by atoms with Crippen LogP contribution in [-0.4, -0.2) is 33.1 Å². The number of carbonyl (C=O) groups is 2. The molecule has 24 heavy (non-hydrogen) atoms. The highest BCUT2D eigenvalue weighted by atomic mass is 16.5. The Kier molecular flexibility index (Phi) is 6.06. The molecule has 7 nitrogen and oxygen atoms in total. The molecule has 1 aliphatic carbocycles. The lowest BCUT2D eigenvalue weighted by molar-refractivity contribution is -0.122. The molecule has 0 spiro atoms. The van der Waals surface area contributed by atoms with Gasteiger partial charge >= 0.3 is 0 Å². The summed E-state index contributed by atoms with van der Waals surface area (Å²) in [7, 11) is 4.42. The summed E-state index contributed by atoms with van der Waals surface area (Å²) < 4.78 is 15.6. The maximum Gasteiger partial charge on any atom is 0.269 e. The van der Waals surface area contributed by atoms with Crippen LogP contribution in [0.5, 0.6) is 17.2 Å². The fraction of sp³-hybridized carbons (Fsp3) is 0.412. The van der Waals surface area contributed by atoms with E-state index in [9.17, 15) is 9.59 Å². The van der Waals surface area contributed by atoms with E-state index >= 15 is 0 Å². The van der Waals surface area contributed by atoms with Gasteiger partial charge in [-0.3, -0.25) is 20.4 Å². The summed E-state index contributed by atoms with van der Waals surface area (Å²) in [5.74, 6) is 0.669. The predicted octanol–water partition coefficient (Wildman–Crippen LogP) is 1.83. The van der Waals surface area contributed by atoms with Crippen molar-refractivity contribution in [2.24, 2.45) is 5.92 Å². The number of benzene rings is 1. The van der Waals surface area contributed by atoms with Crippen LogP contribution in [0, 0.1) is 5.92 Å². The lowest BCUT2D eigenvalue weighted by Crippen LogP contribution is -2.42. The smallest absolute Gasteiger partial charge is 0.269 e. The van der Waals surface area contributed by atoms with E-state index in [1.165, 1.54) is 33.5 Å². The van der Waals surface area contributed by atoms with Crippen molar-refractivity contribution in [3.8, 4) is 17.2 Å². The normalized spacial score (nSPS) is 15.7.